The molecule has 0 bridgehead atoms. The van der Waals surface area contributed by atoms with Crippen LogP contribution in [0.15, 0.2) is 36.5 Å². The Labute approximate surface area is 139 Å². The van der Waals surface area contributed by atoms with Crippen LogP contribution in [0.3, 0.4) is 0 Å². The zero-order chi connectivity index (χ0) is 16.9. The quantitative estimate of drug-likeness (QED) is 0.878. The highest BCUT2D eigenvalue weighted by molar-refractivity contribution is 5.89. The van der Waals surface area contributed by atoms with Crippen molar-refractivity contribution in [2.24, 2.45) is 0 Å². The molecule has 1 aliphatic heterocycles. The first-order valence-electron chi connectivity index (χ1n) is 7.88. The third-order valence-corrected chi connectivity index (χ3v) is 4.13. The largest absolute Gasteiger partial charge is 0.478 e. The summed E-state index contributed by atoms with van der Waals surface area (Å²) in [7, 11) is 0. The molecule has 126 valence electrons. The second-order valence-corrected chi connectivity index (χ2v) is 5.75. The molecule has 1 aromatic carbocycles. The molecule has 0 radical (unpaired) electrons. The van der Waals surface area contributed by atoms with E-state index in [0.717, 1.165) is 18.4 Å². The third kappa shape index (κ3) is 3.56. The molecule has 0 fully saturated rings. The van der Waals surface area contributed by atoms with Gasteiger partial charge < -0.3 is 15.2 Å². The Balaban J connectivity index is 1.57. The number of nitrogens with one attached hydrogen (secondary N) is 1. The van der Waals surface area contributed by atoms with Crippen molar-refractivity contribution in [3.05, 3.63) is 53.3 Å². The van der Waals surface area contributed by atoms with E-state index in [0.29, 0.717) is 18.8 Å². The van der Waals surface area contributed by atoms with Crippen LogP contribution in [-0.2, 0) is 17.9 Å². The normalized spacial score (nSPS) is 16.2. The molecule has 24 heavy (non-hydrogen) atoms. The predicted octanol–water partition coefficient (Wildman–Crippen LogP) is 2.39. The van der Waals surface area contributed by atoms with E-state index in [2.05, 4.69) is 10.4 Å². The van der Waals surface area contributed by atoms with E-state index in [1.54, 1.807) is 4.68 Å². The fourth-order valence-corrected chi connectivity index (χ4v) is 2.97. The maximum Gasteiger partial charge on any atom is 0.407 e. The van der Waals surface area contributed by atoms with Gasteiger partial charge in [-0.1, -0.05) is 30.3 Å². The monoisotopic (exact) mass is 329 g/mol. The maximum atomic E-state index is 11.9. The lowest BCUT2D eigenvalue weighted by atomic mass is 9.93. The van der Waals surface area contributed by atoms with E-state index in [9.17, 15) is 14.7 Å². The Morgan fingerprint density at radius 2 is 2.12 bits per heavy atom. The summed E-state index contributed by atoms with van der Waals surface area (Å²) in [5, 5.41) is 16.1. The van der Waals surface area contributed by atoms with E-state index in [1.807, 2.05) is 30.3 Å². The number of rotatable bonds is 5. The zero-order valence-corrected chi connectivity index (χ0v) is 13.1. The van der Waals surface area contributed by atoms with E-state index < -0.39 is 12.1 Å². The Kier molecular flexibility index (Phi) is 4.79. The summed E-state index contributed by atoms with van der Waals surface area (Å²) < 4.78 is 6.89. The molecule has 3 rings (SSSR count). The van der Waals surface area contributed by atoms with E-state index >= 15 is 0 Å². The van der Waals surface area contributed by atoms with Crippen LogP contribution >= 0.6 is 0 Å². The maximum absolute atomic E-state index is 11.9. The molecule has 2 heterocycles. The van der Waals surface area contributed by atoms with Gasteiger partial charge in [-0.05, 0) is 18.4 Å². The Morgan fingerprint density at radius 1 is 1.33 bits per heavy atom. The van der Waals surface area contributed by atoms with Gasteiger partial charge in [0.1, 0.15) is 12.2 Å². The number of carboxylic acid groups (broad SMARTS) is 1. The number of nitrogens with zero attached hydrogens (tertiary/aromatic N) is 2. The van der Waals surface area contributed by atoms with Crippen LogP contribution in [0.5, 0.6) is 0 Å². The fraction of sp³-hybridized carbons (Fsp3) is 0.353. The number of benzene rings is 1. The minimum absolute atomic E-state index is 0.0726. The van der Waals surface area contributed by atoms with Crippen molar-refractivity contribution in [1.29, 1.82) is 0 Å². The molecule has 1 aromatic heterocycles. The average Bonchev–Trinajstić information content (AvgIpc) is 3.04. The SMILES string of the molecule is O=C(NC[C@H]1CCCn2ncc(C(=O)O)c21)OCc1ccccc1. The van der Waals surface area contributed by atoms with Crippen LogP contribution in [0, 0.1) is 0 Å². The second kappa shape index (κ2) is 7.16. The highest BCUT2D eigenvalue weighted by atomic mass is 16.5. The molecule has 2 aromatic rings. The molecular weight excluding hydrogens is 310 g/mol. The second-order valence-electron chi connectivity index (χ2n) is 5.75. The smallest absolute Gasteiger partial charge is 0.407 e. The molecule has 1 amide bonds. The average molecular weight is 329 g/mol. The van der Waals surface area contributed by atoms with Gasteiger partial charge in [0, 0.05) is 19.0 Å². The number of carboxylic acids is 1. The standard InChI is InChI=1S/C17H19N3O4/c21-16(22)14-10-19-20-8-4-7-13(15(14)20)9-18-17(23)24-11-12-5-2-1-3-6-12/h1-3,5-6,10,13H,4,7-9,11H2,(H,18,23)(H,21,22)/t13-/m1/s1. The minimum atomic E-state index is -0.991. The predicted molar refractivity (Wildman–Crippen MR) is 85.8 cm³/mol. The summed E-state index contributed by atoms with van der Waals surface area (Å²) in [6.07, 6.45) is 2.58. The number of hydrogen-bond donors (Lipinski definition) is 2. The molecule has 7 heteroatoms. The molecule has 0 unspecified atom stereocenters. The number of aromatic nitrogens is 2. The first-order chi connectivity index (χ1) is 11.6. The molecular formula is C17H19N3O4. The van der Waals surface area contributed by atoms with Crippen LogP contribution in [0.1, 0.15) is 40.4 Å². The van der Waals surface area contributed by atoms with Gasteiger partial charge >= 0.3 is 12.1 Å². The molecule has 7 nitrogen and oxygen atoms in total. The van der Waals surface area contributed by atoms with Crippen molar-refractivity contribution in [1.82, 2.24) is 15.1 Å². The first-order valence-corrected chi connectivity index (χ1v) is 7.88. The number of aryl methyl sites for hydroxylation is 1. The number of carbonyl (C=O) groups excluding carboxylic acids is 1. The summed E-state index contributed by atoms with van der Waals surface area (Å²) >= 11 is 0. The summed E-state index contributed by atoms with van der Waals surface area (Å²) in [4.78, 5) is 23.2. The van der Waals surface area contributed by atoms with E-state index in [-0.39, 0.29) is 18.1 Å². The summed E-state index contributed by atoms with van der Waals surface area (Å²) in [6.45, 7) is 1.24. The van der Waals surface area contributed by atoms with Crippen LogP contribution in [0.2, 0.25) is 0 Å². The lowest BCUT2D eigenvalue weighted by molar-refractivity contribution is 0.0694. The van der Waals surface area contributed by atoms with E-state index in [1.165, 1.54) is 6.20 Å². The fourth-order valence-electron chi connectivity index (χ4n) is 2.97. The Hall–Kier alpha value is -2.83. The van der Waals surface area contributed by atoms with Crippen molar-refractivity contribution >= 4 is 12.1 Å². The molecule has 1 aliphatic rings. The molecule has 0 saturated carbocycles. The van der Waals surface area contributed by atoms with Gasteiger partial charge in [0.25, 0.3) is 0 Å². The zero-order valence-electron chi connectivity index (χ0n) is 13.1. The number of ether oxygens (including phenoxy) is 1. The topological polar surface area (TPSA) is 93.5 Å². The molecule has 1 atom stereocenters. The number of alkyl carbamates (subject to hydrolysis) is 1. The lowest BCUT2D eigenvalue weighted by Crippen LogP contribution is -2.32. The lowest BCUT2D eigenvalue weighted by Gasteiger charge is -2.24. The third-order valence-electron chi connectivity index (χ3n) is 4.13. The van der Waals surface area contributed by atoms with Gasteiger partial charge in [-0.3, -0.25) is 4.68 Å². The Morgan fingerprint density at radius 3 is 2.88 bits per heavy atom. The Bertz CT molecular complexity index is 727. The van der Waals surface area contributed by atoms with Gasteiger partial charge in [0.05, 0.1) is 11.9 Å². The summed E-state index contributed by atoms with van der Waals surface area (Å²) in [5.41, 5.74) is 1.80. The van der Waals surface area contributed by atoms with Gasteiger partial charge in [-0.15, -0.1) is 0 Å². The first kappa shape index (κ1) is 16.0. The van der Waals surface area contributed by atoms with Crippen LogP contribution in [0.4, 0.5) is 4.79 Å². The van der Waals surface area contributed by atoms with E-state index in [4.69, 9.17) is 4.74 Å². The minimum Gasteiger partial charge on any atom is -0.478 e. The molecule has 0 spiro atoms. The van der Waals surface area contributed by atoms with Crippen LogP contribution < -0.4 is 5.32 Å². The molecule has 0 aliphatic carbocycles. The number of amides is 1. The summed E-state index contributed by atoms with van der Waals surface area (Å²) in [6, 6.07) is 9.43. The number of carbonyl (C=O) groups is 2. The van der Waals surface area contributed by atoms with Crippen molar-refractivity contribution in [2.45, 2.75) is 31.9 Å². The van der Waals surface area contributed by atoms with Crippen molar-refractivity contribution in [3.63, 3.8) is 0 Å². The van der Waals surface area contributed by atoms with Gasteiger partial charge in [0.15, 0.2) is 0 Å². The highest BCUT2D eigenvalue weighted by Crippen LogP contribution is 2.29. The summed E-state index contributed by atoms with van der Waals surface area (Å²) in [5.74, 6) is -1.06. The highest BCUT2D eigenvalue weighted by Gasteiger charge is 2.28. The van der Waals surface area contributed by atoms with Gasteiger partial charge in [0.2, 0.25) is 0 Å². The van der Waals surface area contributed by atoms with Crippen molar-refractivity contribution < 1.29 is 19.4 Å². The number of hydrogen-bond acceptors (Lipinski definition) is 4. The number of fused-ring (bicyclic) bond motifs is 1. The van der Waals surface area contributed by atoms with Crippen LogP contribution in [0.25, 0.3) is 0 Å². The van der Waals surface area contributed by atoms with Gasteiger partial charge in [-0.25, -0.2) is 9.59 Å². The van der Waals surface area contributed by atoms with Crippen molar-refractivity contribution in [2.75, 3.05) is 6.54 Å². The number of aromatic carboxylic acids is 1. The van der Waals surface area contributed by atoms with Crippen LogP contribution in [-0.4, -0.2) is 33.5 Å². The van der Waals surface area contributed by atoms with Crippen molar-refractivity contribution in [3.8, 4) is 0 Å². The van der Waals surface area contributed by atoms with Gasteiger partial charge in [-0.2, -0.15) is 5.10 Å². The molecule has 0 saturated heterocycles. The molecule has 2 N–H and O–H groups in total.